The SMILES string of the molecule is C=CCOC1(C)CCN(c2c([C@](C)(OC(C)(C)C)C(=O)O)c(C)cc3nc(-c4cccc(-c5c(F)cc(C)cc5O[C@@H](C)CC=C)c4)cn23)CC1. The van der Waals surface area contributed by atoms with E-state index >= 15 is 4.39 Å². The van der Waals surface area contributed by atoms with Crippen LogP contribution in [0.4, 0.5) is 10.2 Å². The molecule has 272 valence electrons. The molecule has 2 atom stereocenters. The molecule has 2 aromatic carbocycles. The number of nitrogens with zero attached hydrogens (tertiary/aromatic N) is 3. The van der Waals surface area contributed by atoms with Crippen molar-refractivity contribution >= 4 is 17.4 Å². The molecule has 9 heteroatoms. The Morgan fingerprint density at radius 2 is 1.76 bits per heavy atom. The molecule has 0 spiro atoms. The molecule has 0 aliphatic carbocycles. The molecule has 51 heavy (non-hydrogen) atoms. The van der Waals surface area contributed by atoms with E-state index in [1.54, 1.807) is 19.1 Å². The topological polar surface area (TPSA) is 85.5 Å². The van der Waals surface area contributed by atoms with Gasteiger partial charge in [0.25, 0.3) is 0 Å². The third-order valence-electron chi connectivity index (χ3n) is 9.46. The van der Waals surface area contributed by atoms with Crippen LogP contribution in [-0.2, 0) is 19.9 Å². The number of hydrogen-bond donors (Lipinski definition) is 1. The van der Waals surface area contributed by atoms with Gasteiger partial charge < -0.3 is 24.2 Å². The van der Waals surface area contributed by atoms with Crippen molar-refractivity contribution in [2.24, 2.45) is 0 Å². The molecule has 0 saturated carbocycles. The van der Waals surface area contributed by atoms with Gasteiger partial charge >= 0.3 is 5.97 Å². The van der Waals surface area contributed by atoms with E-state index in [4.69, 9.17) is 19.2 Å². The van der Waals surface area contributed by atoms with Gasteiger partial charge in [-0.15, -0.1) is 13.2 Å². The van der Waals surface area contributed by atoms with Crippen LogP contribution >= 0.6 is 0 Å². The molecule has 5 rings (SSSR count). The number of hydrogen-bond acceptors (Lipinski definition) is 6. The van der Waals surface area contributed by atoms with Crippen molar-refractivity contribution in [1.82, 2.24) is 9.38 Å². The van der Waals surface area contributed by atoms with Gasteiger partial charge in [-0.3, -0.25) is 4.40 Å². The maximum atomic E-state index is 15.7. The van der Waals surface area contributed by atoms with Crippen LogP contribution in [0.2, 0.25) is 0 Å². The van der Waals surface area contributed by atoms with Gasteiger partial charge in [0, 0.05) is 36.8 Å². The third-order valence-corrected chi connectivity index (χ3v) is 9.46. The van der Waals surface area contributed by atoms with E-state index in [0.29, 0.717) is 59.9 Å². The molecule has 8 nitrogen and oxygen atoms in total. The van der Waals surface area contributed by atoms with Crippen molar-refractivity contribution < 1.29 is 28.5 Å². The quantitative estimate of drug-likeness (QED) is 0.139. The fourth-order valence-corrected chi connectivity index (χ4v) is 7.09. The van der Waals surface area contributed by atoms with Gasteiger partial charge in [0.1, 0.15) is 23.0 Å². The monoisotopic (exact) mass is 697 g/mol. The number of benzene rings is 2. The van der Waals surface area contributed by atoms with Crippen LogP contribution in [0.3, 0.4) is 0 Å². The number of carboxylic acid groups (broad SMARTS) is 1. The van der Waals surface area contributed by atoms with Crippen molar-refractivity contribution in [3.05, 3.63) is 96.5 Å². The van der Waals surface area contributed by atoms with Crippen LogP contribution in [0.1, 0.15) is 77.5 Å². The lowest BCUT2D eigenvalue weighted by Crippen LogP contribution is -2.48. The van der Waals surface area contributed by atoms with E-state index in [0.717, 1.165) is 35.3 Å². The summed E-state index contributed by atoms with van der Waals surface area (Å²) in [6, 6.07) is 12.9. The number of aryl methyl sites for hydroxylation is 2. The highest BCUT2D eigenvalue weighted by molar-refractivity contribution is 5.84. The van der Waals surface area contributed by atoms with Gasteiger partial charge in [-0.05, 0) is 109 Å². The molecule has 0 radical (unpaired) electrons. The summed E-state index contributed by atoms with van der Waals surface area (Å²) in [7, 11) is 0. The van der Waals surface area contributed by atoms with Crippen LogP contribution in [0.15, 0.2) is 74.0 Å². The molecule has 1 aliphatic rings. The fraction of sp³-hybridized carbons (Fsp3) is 0.429. The highest BCUT2D eigenvalue weighted by Crippen LogP contribution is 2.43. The third kappa shape index (κ3) is 8.05. The van der Waals surface area contributed by atoms with E-state index in [2.05, 4.69) is 25.0 Å². The molecule has 4 aromatic rings. The van der Waals surface area contributed by atoms with Crippen molar-refractivity contribution in [3.8, 4) is 28.1 Å². The molecule has 2 aromatic heterocycles. The number of aliphatic carboxylic acids is 1. The van der Waals surface area contributed by atoms with Gasteiger partial charge in [-0.2, -0.15) is 0 Å². The van der Waals surface area contributed by atoms with Gasteiger partial charge in [0.2, 0.25) is 0 Å². The minimum absolute atomic E-state index is 0.181. The Bertz CT molecular complexity index is 1930. The number of pyridine rings is 1. The van der Waals surface area contributed by atoms with Crippen LogP contribution in [0.25, 0.3) is 28.0 Å². The Balaban J connectivity index is 1.67. The second kappa shape index (κ2) is 14.6. The second-order valence-electron chi connectivity index (χ2n) is 15.1. The minimum Gasteiger partial charge on any atom is -0.490 e. The van der Waals surface area contributed by atoms with E-state index in [1.807, 2.05) is 88.5 Å². The maximum Gasteiger partial charge on any atom is 0.340 e. The minimum atomic E-state index is -1.67. The number of fused-ring (bicyclic) bond motifs is 1. The first-order valence-corrected chi connectivity index (χ1v) is 17.6. The summed E-state index contributed by atoms with van der Waals surface area (Å²) >= 11 is 0. The molecule has 1 N–H and O–H groups in total. The maximum absolute atomic E-state index is 15.7. The van der Waals surface area contributed by atoms with Crippen LogP contribution in [0.5, 0.6) is 5.75 Å². The zero-order valence-electron chi connectivity index (χ0n) is 31.3. The summed E-state index contributed by atoms with van der Waals surface area (Å²) in [6.07, 6.45) is 7.40. The number of anilines is 1. The summed E-state index contributed by atoms with van der Waals surface area (Å²) in [5, 5.41) is 10.8. The first kappa shape index (κ1) is 37.8. The zero-order chi connectivity index (χ0) is 37.3. The molecule has 0 unspecified atom stereocenters. The second-order valence-corrected chi connectivity index (χ2v) is 15.1. The zero-order valence-corrected chi connectivity index (χ0v) is 31.3. The predicted octanol–water partition coefficient (Wildman–Crippen LogP) is 9.44. The Kier molecular flexibility index (Phi) is 10.8. The number of carbonyl (C=O) groups is 1. The molecule has 0 amide bonds. The van der Waals surface area contributed by atoms with E-state index in [-0.39, 0.29) is 17.5 Å². The average molecular weight is 698 g/mol. The van der Waals surface area contributed by atoms with Crippen molar-refractivity contribution in [2.75, 3.05) is 24.6 Å². The smallest absolute Gasteiger partial charge is 0.340 e. The average Bonchev–Trinajstić information content (AvgIpc) is 3.46. The first-order valence-electron chi connectivity index (χ1n) is 17.6. The Labute approximate surface area is 301 Å². The number of carboxylic acids is 1. The summed E-state index contributed by atoms with van der Waals surface area (Å²) in [5.74, 6) is -0.258. The summed E-state index contributed by atoms with van der Waals surface area (Å²) in [4.78, 5) is 20.5. The number of imidazole rings is 1. The fourth-order valence-electron chi connectivity index (χ4n) is 7.09. The van der Waals surface area contributed by atoms with Crippen LogP contribution in [-0.4, -0.2) is 57.5 Å². The molecular weight excluding hydrogens is 645 g/mol. The number of aromatic nitrogens is 2. The van der Waals surface area contributed by atoms with Gasteiger partial charge in [0.05, 0.1) is 35.2 Å². The van der Waals surface area contributed by atoms with Gasteiger partial charge in [0.15, 0.2) is 5.60 Å². The van der Waals surface area contributed by atoms with Crippen molar-refractivity contribution in [3.63, 3.8) is 0 Å². The number of halogens is 1. The van der Waals surface area contributed by atoms with E-state index in [9.17, 15) is 9.90 Å². The molecular formula is C42H52FN3O5. The van der Waals surface area contributed by atoms with Crippen molar-refractivity contribution in [2.45, 2.75) is 97.6 Å². The number of rotatable bonds is 13. The predicted molar refractivity (Wildman–Crippen MR) is 202 cm³/mol. The lowest BCUT2D eigenvalue weighted by Gasteiger charge is -2.43. The summed E-state index contributed by atoms with van der Waals surface area (Å²) in [6.45, 7) is 24.4. The molecule has 1 aliphatic heterocycles. The molecule has 1 fully saturated rings. The number of piperidine rings is 1. The van der Waals surface area contributed by atoms with Crippen LogP contribution < -0.4 is 9.64 Å². The normalized spacial score (nSPS) is 16.5. The summed E-state index contributed by atoms with van der Waals surface area (Å²) < 4.78 is 36.5. The highest BCUT2D eigenvalue weighted by Gasteiger charge is 2.45. The first-order chi connectivity index (χ1) is 24.0. The van der Waals surface area contributed by atoms with Gasteiger partial charge in [-0.1, -0.05) is 30.4 Å². The lowest BCUT2D eigenvalue weighted by atomic mass is 9.88. The highest BCUT2D eigenvalue weighted by atomic mass is 19.1. The van der Waals surface area contributed by atoms with Crippen molar-refractivity contribution in [1.29, 1.82) is 0 Å². The Hall–Kier alpha value is -4.47. The Morgan fingerprint density at radius 1 is 1.08 bits per heavy atom. The standard InChI is InChI=1S/C42H52FN3O5/c1-11-14-29(5)50-34-23-27(3)22-32(43)36(34)31-16-13-15-30(25-31)33-26-46-35(44-33)24-28(4)37(42(10,39(47)48)51-40(6,7)8)38(46)45-19-17-41(9,18-20-45)49-21-12-2/h11-13,15-16,22-26,29H,1-2,14,17-21H2,3-10H3,(H,47,48)/t29-,42-/m0/s1. The number of ether oxygens (including phenoxy) is 3. The largest absolute Gasteiger partial charge is 0.490 e. The Morgan fingerprint density at radius 3 is 2.39 bits per heavy atom. The molecule has 3 heterocycles. The molecule has 0 bridgehead atoms. The van der Waals surface area contributed by atoms with E-state index in [1.165, 1.54) is 6.07 Å². The van der Waals surface area contributed by atoms with Gasteiger partial charge in [-0.25, -0.2) is 14.2 Å². The van der Waals surface area contributed by atoms with Crippen LogP contribution in [0, 0.1) is 19.7 Å². The summed E-state index contributed by atoms with van der Waals surface area (Å²) in [5.41, 5.74) is 2.49. The molecule has 1 saturated heterocycles. The lowest BCUT2D eigenvalue weighted by molar-refractivity contribution is -0.183. The van der Waals surface area contributed by atoms with E-state index < -0.39 is 17.2 Å².